The third kappa shape index (κ3) is 3.79. The van der Waals surface area contributed by atoms with Gasteiger partial charge in [0, 0.05) is 40.7 Å². The standard InChI is InChI=1S/C16H15N5O5S2/c17-19-18-5-6-27-9-12-14(15(23)24)20-13(22)8-16(20,28-12)7-10-1-3-11(4-2-10)21(25)26/h1-4H,5-9H2,(H,23,24)/t16-/m1/s1. The molecule has 1 amide bonds. The number of nitro groups is 1. The Hall–Kier alpha value is -2.69. The van der Waals surface area contributed by atoms with Gasteiger partial charge in [0.25, 0.3) is 5.69 Å². The number of aliphatic carboxylic acids is 1. The minimum Gasteiger partial charge on any atom is -0.477 e. The zero-order valence-electron chi connectivity index (χ0n) is 14.5. The fraction of sp³-hybridized carbons (Fsp3) is 0.375. The number of carboxylic acid groups (broad SMARTS) is 1. The lowest BCUT2D eigenvalue weighted by Gasteiger charge is -2.47. The van der Waals surface area contributed by atoms with Crippen molar-refractivity contribution in [3.63, 3.8) is 0 Å². The maximum atomic E-state index is 12.2. The number of thioether (sulfide) groups is 2. The average molecular weight is 421 g/mol. The largest absolute Gasteiger partial charge is 0.477 e. The second-order valence-electron chi connectivity index (χ2n) is 6.14. The summed E-state index contributed by atoms with van der Waals surface area (Å²) < 4.78 is 0. The van der Waals surface area contributed by atoms with E-state index in [2.05, 4.69) is 10.0 Å². The van der Waals surface area contributed by atoms with E-state index in [1.165, 1.54) is 40.6 Å². The van der Waals surface area contributed by atoms with E-state index in [0.717, 1.165) is 5.56 Å². The zero-order valence-corrected chi connectivity index (χ0v) is 16.1. The number of amides is 1. The van der Waals surface area contributed by atoms with Crippen molar-refractivity contribution < 1.29 is 19.6 Å². The first-order chi connectivity index (χ1) is 13.4. The first-order valence-corrected chi connectivity index (χ1v) is 10.2. The van der Waals surface area contributed by atoms with E-state index in [9.17, 15) is 24.8 Å². The number of benzene rings is 1. The van der Waals surface area contributed by atoms with Gasteiger partial charge in [-0.25, -0.2) is 4.79 Å². The average Bonchev–Trinajstić information content (AvgIpc) is 2.90. The summed E-state index contributed by atoms with van der Waals surface area (Å²) in [5.74, 6) is -0.457. The monoisotopic (exact) mass is 421 g/mol. The first kappa shape index (κ1) is 20.1. The molecule has 0 bridgehead atoms. The Morgan fingerprint density at radius 2 is 2.18 bits per heavy atom. The number of rotatable bonds is 9. The van der Waals surface area contributed by atoms with E-state index < -0.39 is 15.8 Å². The summed E-state index contributed by atoms with van der Waals surface area (Å²) in [5, 5.41) is 23.9. The maximum absolute atomic E-state index is 12.2. The Morgan fingerprint density at radius 3 is 2.75 bits per heavy atom. The third-order valence-corrected chi connectivity index (χ3v) is 6.93. The Labute approximate surface area is 167 Å². The summed E-state index contributed by atoms with van der Waals surface area (Å²) in [5.41, 5.74) is 9.06. The molecule has 10 nitrogen and oxygen atoms in total. The number of nitrogens with zero attached hydrogens (tertiary/aromatic N) is 5. The molecule has 0 aromatic heterocycles. The van der Waals surface area contributed by atoms with Gasteiger partial charge in [-0.3, -0.25) is 19.8 Å². The second-order valence-corrected chi connectivity index (χ2v) is 8.70. The van der Waals surface area contributed by atoms with Crippen LogP contribution in [0.3, 0.4) is 0 Å². The summed E-state index contributed by atoms with van der Waals surface area (Å²) in [4.78, 5) is 38.2. The van der Waals surface area contributed by atoms with E-state index in [1.54, 1.807) is 12.1 Å². The molecule has 28 heavy (non-hydrogen) atoms. The minimum atomic E-state index is -1.16. The maximum Gasteiger partial charge on any atom is 0.353 e. The van der Waals surface area contributed by atoms with Crippen LogP contribution >= 0.6 is 23.5 Å². The summed E-state index contributed by atoms with van der Waals surface area (Å²) in [6.07, 6.45) is 0.601. The number of fused-ring (bicyclic) bond motifs is 1. The van der Waals surface area contributed by atoms with E-state index in [-0.39, 0.29) is 23.7 Å². The lowest BCUT2D eigenvalue weighted by molar-refractivity contribution is -0.384. The highest BCUT2D eigenvalue weighted by molar-refractivity contribution is 8.07. The topological polar surface area (TPSA) is 150 Å². The van der Waals surface area contributed by atoms with Crippen molar-refractivity contribution in [1.82, 2.24) is 4.90 Å². The molecule has 2 aliphatic heterocycles. The highest BCUT2D eigenvalue weighted by Gasteiger charge is 2.59. The number of β-lactam (4-membered cyclic amide) rings is 1. The van der Waals surface area contributed by atoms with E-state index in [0.29, 0.717) is 29.4 Å². The van der Waals surface area contributed by atoms with Gasteiger partial charge in [-0.05, 0) is 16.8 Å². The number of nitro benzene ring substituents is 1. The molecular weight excluding hydrogens is 406 g/mol. The van der Waals surface area contributed by atoms with Gasteiger partial charge in [0.15, 0.2) is 0 Å². The fourth-order valence-electron chi connectivity index (χ4n) is 3.20. The molecule has 12 heteroatoms. The number of hydrogen-bond acceptors (Lipinski definition) is 7. The molecule has 0 saturated carbocycles. The van der Waals surface area contributed by atoms with Gasteiger partial charge in [0.2, 0.25) is 5.91 Å². The van der Waals surface area contributed by atoms with E-state index in [1.807, 2.05) is 0 Å². The summed E-state index contributed by atoms with van der Waals surface area (Å²) in [6.45, 7) is 0.304. The Balaban J connectivity index is 1.77. The number of carbonyl (C=O) groups is 2. The third-order valence-electron chi connectivity index (χ3n) is 4.35. The van der Waals surface area contributed by atoms with Crippen LogP contribution in [0, 0.1) is 10.1 Å². The van der Waals surface area contributed by atoms with Gasteiger partial charge in [0.1, 0.15) is 10.6 Å². The highest BCUT2D eigenvalue weighted by atomic mass is 32.2. The van der Waals surface area contributed by atoms with Crippen LogP contribution in [0.25, 0.3) is 10.4 Å². The second kappa shape index (κ2) is 8.13. The molecule has 3 rings (SSSR count). The summed E-state index contributed by atoms with van der Waals surface area (Å²) in [7, 11) is 0. The smallest absolute Gasteiger partial charge is 0.353 e. The molecule has 1 N–H and O–H groups in total. The molecule has 1 saturated heterocycles. The normalized spacial score (nSPS) is 20.4. The van der Waals surface area contributed by atoms with Gasteiger partial charge in [0.05, 0.1) is 11.3 Å². The van der Waals surface area contributed by atoms with Gasteiger partial charge in [-0.2, -0.15) is 11.8 Å². The Kier molecular flexibility index (Phi) is 5.82. The fourth-order valence-corrected chi connectivity index (χ4v) is 5.82. The molecule has 0 spiro atoms. The molecule has 1 aromatic rings. The molecule has 1 aromatic carbocycles. The number of carbonyl (C=O) groups excluding carboxylic acids is 1. The minimum absolute atomic E-state index is 0.000513. The van der Waals surface area contributed by atoms with Crippen LogP contribution < -0.4 is 0 Å². The SMILES string of the molecule is [N-]=[N+]=NCCSCC1=C(C(=O)O)N2C(=O)C[C@@]2(Cc2ccc([N+](=O)[O-])cc2)S1. The van der Waals surface area contributed by atoms with Crippen molar-refractivity contribution in [3.8, 4) is 0 Å². The van der Waals surface area contributed by atoms with Crippen LogP contribution in [0.1, 0.15) is 12.0 Å². The lowest BCUT2D eigenvalue weighted by Crippen LogP contribution is -2.60. The molecular formula is C16H15N5O5S2. The number of azide groups is 1. The van der Waals surface area contributed by atoms with Crippen LogP contribution in [0.2, 0.25) is 0 Å². The lowest BCUT2D eigenvalue weighted by atomic mass is 9.92. The van der Waals surface area contributed by atoms with Crippen molar-refractivity contribution in [2.24, 2.45) is 5.11 Å². The Bertz CT molecular complexity index is 913. The van der Waals surface area contributed by atoms with E-state index in [4.69, 9.17) is 5.53 Å². The number of hydrogen-bond donors (Lipinski definition) is 1. The molecule has 1 fully saturated rings. The summed E-state index contributed by atoms with van der Waals surface area (Å²) >= 11 is 2.80. The predicted octanol–water partition coefficient (Wildman–Crippen LogP) is 3.15. The molecule has 1 atom stereocenters. The van der Waals surface area contributed by atoms with E-state index >= 15 is 0 Å². The van der Waals surface area contributed by atoms with Crippen molar-refractivity contribution >= 4 is 41.1 Å². The first-order valence-electron chi connectivity index (χ1n) is 8.18. The molecule has 0 aliphatic carbocycles. The molecule has 0 unspecified atom stereocenters. The molecule has 0 radical (unpaired) electrons. The van der Waals surface area contributed by atoms with Gasteiger partial charge >= 0.3 is 5.97 Å². The summed E-state index contributed by atoms with van der Waals surface area (Å²) in [6, 6.07) is 6.05. The van der Waals surface area contributed by atoms with Crippen LogP contribution in [-0.4, -0.2) is 49.7 Å². The molecule has 2 aliphatic rings. The number of non-ortho nitro benzene ring substituents is 1. The van der Waals surface area contributed by atoms with Crippen molar-refractivity contribution in [1.29, 1.82) is 0 Å². The predicted molar refractivity (Wildman–Crippen MR) is 105 cm³/mol. The van der Waals surface area contributed by atoms with Gasteiger partial charge in [-0.1, -0.05) is 29.0 Å². The van der Waals surface area contributed by atoms with Crippen LogP contribution in [-0.2, 0) is 16.0 Å². The molecule has 146 valence electrons. The van der Waals surface area contributed by atoms with Crippen molar-refractivity contribution in [3.05, 3.63) is 61.0 Å². The quantitative estimate of drug-likeness (QED) is 0.122. The van der Waals surface area contributed by atoms with Crippen molar-refractivity contribution in [2.45, 2.75) is 17.7 Å². The van der Waals surface area contributed by atoms with Crippen molar-refractivity contribution in [2.75, 3.05) is 18.1 Å². The molecule has 2 heterocycles. The van der Waals surface area contributed by atoms with Gasteiger partial charge in [-0.15, -0.1) is 0 Å². The highest BCUT2D eigenvalue weighted by Crippen LogP contribution is 2.56. The van der Waals surface area contributed by atoms with Crippen LogP contribution in [0.5, 0.6) is 0 Å². The Morgan fingerprint density at radius 1 is 1.46 bits per heavy atom. The number of carboxylic acids is 1. The van der Waals surface area contributed by atoms with Gasteiger partial charge < -0.3 is 5.11 Å². The zero-order chi connectivity index (χ0) is 20.3. The van der Waals surface area contributed by atoms with Crippen LogP contribution in [0.4, 0.5) is 5.69 Å². The van der Waals surface area contributed by atoms with Crippen LogP contribution in [0.15, 0.2) is 40.0 Å².